The smallest absolute Gasteiger partial charge is 0.0178 e. The molecule has 2 aromatic rings. The number of nitrogens with two attached hydrogens (primary N) is 1. The fourth-order valence-electron chi connectivity index (χ4n) is 2.41. The maximum atomic E-state index is 5.75. The van der Waals surface area contributed by atoms with Crippen molar-refractivity contribution in [2.75, 3.05) is 0 Å². The zero-order chi connectivity index (χ0) is 14.8. The lowest BCUT2D eigenvalue weighted by atomic mass is 9.81. The monoisotopic (exact) mass is 267 g/mol. The van der Waals surface area contributed by atoms with E-state index in [1.807, 2.05) is 0 Å². The Hall–Kier alpha value is -1.60. The molecule has 0 saturated carbocycles. The molecule has 0 saturated heterocycles. The molecule has 0 aromatic heterocycles. The Balaban J connectivity index is 2.40. The van der Waals surface area contributed by atoms with Gasteiger partial charge in [-0.05, 0) is 52.6 Å². The fraction of sp³-hybridized carbons (Fsp3) is 0.368. The number of hydrogen-bond donors (Lipinski definition) is 1. The Labute approximate surface area is 122 Å². The van der Waals surface area contributed by atoms with Crippen LogP contribution < -0.4 is 5.73 Å². The molecule has 20 heavy (non-hydrogen) atoms. The third kappa shape index (κ3) is 2.94. The van der Waals surface area contributed by atoms with Gasteiger partial charge in [-0.1, -0.05) is 57.2 Å². The minimum absolute atomic E-state index is 0.243. The van der Waals surface area contributed by atoms with Gasteiger partial charge in [-0.25, -0.2) is 0 Å². The molecule has 1 nitrogen and oxygen atoms in total. The highest BCUT2D eigenvalue weighted by Gasteiger charge is 2.17. The molecular weight excluding hydrogens is 242 g/mol. The Bertz CT molecular complexity index is 579. The zero-order valence-electron chi connectivity index (χ0n) is 13.0. The van der Waals surface area contributed by atoms with Crippen LogP contribution >= 0.6 is 0 Å². The lowest BCUT2D eigenvalue weighted by molar-refractivity contribution is 0.506. The molecule has 0 fully saturated rings. The van der Waals surface area contributed by atoms with Crippen molar-refractivity contribution >= 4 is 0 Å². The molecular formula is C19H25N. The maximum Gasteiger partial charge on any atom is 0.0178 e. The minimum atomic E-state index is 0.243. The molecule has 0 spiro atoms. The molecule has 0 atom stereocenters. The van der Waals surface area contributed by atoms with Crippen LogP contribution in [0.15, 0.2) is 42.5 Å². The summed E-state index contributed by atoms with van der Waals surface area (Å²) >= 11 is 0. The summed E-state index contributed by atoms with van der Waals surface area (Å²) in [6, 6.07) is 15.4. The van der Waals surface area contributed by atoms with Crippen LogP contribution in [0.5, 0.6) is 0 Å². The predicted molar refractivity (Wildman–Crippen MR) is 87.8 cm³/mol. The highest BCUT2D eigenvalue weighted by Crippen LogP contribution is 2.30. The van der Waals surface area contributed by atoms with E-state index in [0.29, 0.717) is 6.54 Å². The van der Waals surface area contributed by atoms with Crippen molar-refractivity contribution in [3.05, 3.63) is 59.2 Å². The number of aryl methyl sites for hydroxylation is 1. The fourth-order valence-corrected chi connectivity index (χ4v) is 2.41. The van der Waals surface area contributed by atoms with E-state index in [1.54, 1.807) is 0 Å². The SMILES string of the molecule is CCC(C)(C)c1ccc(-c2cc(CN)ccc2C)cc1. The average Bonchev–Trinajstić information content (AvgIpc) is 2.48. The molecule has 0 aliphatic carbocycles. The van der Waals surface area contributed by atoms with Crippen LogP contribution in [0.1, 0.15) is 43.9 Å². The van der Waals surface area contributed by atoms with Crippen molar-refractivity contribution in [2.45, 2.75) is 46.1 Å². The largest absolute Gasteiger partial charge is 0.326 e. The third-order valence-electron chi connectivity index (χ3n) is 4.40. The third-order valence-corrected chi connectivity index (χ3v) is 4.40. The van der Waals surface area contributed by atoms with Gasteiger partial charge in [0.05, 0.1) is 0 Å². The molecule has 0 unspecified atom stereocenters. The van der Waals surface area contributed by atoms with Crippen LogP contribution in [0.25, 0.3) is 11.1 Å². The molecule has 0 heterocycles. The Morgan fingerprint density at radius 3 is 2.20 bits per heavy atom. The quantitative estimate of drug-likeness (QED) is 0.845. The van der Waals surface area contributed by atoms with Crippen molar-refractivity contribution in [1.82, 2.24) is 0 Å². The Morgan fingerprint density at radius 1 is 1.00 bits per heavy atom. The van der Waals surface area contributed by atoms with Gasteiger partial charge < -0.3 is 5.73 Å². The molecule has 2 aromatic carbocycles. The lowest BCUT2D eigenvalue weighted by Gasteiger charge is -2.23. The molecule has 2 rings (SSSR count). The van der Waals surface area contributed by atoms with Crippen molar-refractivity contribution in [3.8, 4) is 11.1 Å². The molecule has 0 aliphatic heterocycles. The van der Waals surface area contributed by atoms with Crippen LogP contribution in [-0.4, -0.2) is 0 Å². The van der Waals surface area contributed by atoms with Gasteiger partial charge in [0.25, 0.3) is 0 Å². The number of benzene rings is 2. The number of hydrogen-bond acceptors (Lipinski definition) is 1. The van der Waals surface area contributed by atoms with Gasteiger partial charge in [-0.2, -0.15) is 0 Å². The van der Waals surface area contributed by atoms with Gasteiger partial charge in [0.2, 0.25) is 0 Å². The van der Waals surface area contributed by atoms with E-state index in [9.17, 15) is 0 Å². The maximum absolute atomic E-state index is 5.75. The van der Waals surface area contributed by atoms with E-state index >= 15 is 0 Å². The topological polar surface area (TPSA) is 26.0 Å². The van der Waals surface area contributed by atoms with Crippen molar-refractivity contribution in [2.24, 2.45) is 5.73 Å². The highest BCUT2D eigenvalue weighted by molar-refractivity contribution is 5.68. The van der Waals surface area contributed by atoms with Crippen LogP contribution in [0, 0.1) is 6.92 Å². The summed E-state index contributed by atoms with van der Waals surface area (Å²) in [5, 5.41) is 0. The van der Waals surface area contributed by atoms with Gasteiger partial charge in [0.1, 0.15) is 0 Å². The Kier molecular flexibility index (Phi) is 4.29. The van der Waals surface area contributed by atoms with E-state index in [2.05, 4.69) is 70.2 Å². The molecule has 106 valence electrons. The Morgan fingerprint density at radius 2 is 1.65 bits per heavy atom. The predicted octanol–water partition coefficient (Wildman–Crippen LogP) is 4.81. The van der Waals surface area contributed by atoms with Gasteiger partial charge in [-0.15, -0.1) is 0 Å². The standard InChI is InChI=1S/C19H25N/c1-5-19(3,4)17-10-8-16(9-11-17)18-12-15(13-20)7-6-14(18)2/h6-12H,5,13,20H2,1-4H3. The van der Waals surface area contributed by atoms with E-state index in [1.165, 1.54) is 27.8 Å². The molecule has 0 bridgehead atoms. The van der Waals surface area contributed by atoms with Crippen LogP contribution in [-0.2, 0) is 12.0 Å². The average molecular weight is 267 g/mol. The van der Waals surface area contributed by atoms with Gasteiger partial charge in [0, 0.05) is 6.54 Å². The van der Waals surface area contributed by atoms with Gasteiger partial charge in [-0.3, -0.25) is 0 Å². The second kappa shape index (κ2) is 5.80. The first-order chi connectivity index (χ1) is 9.47. The van der Waals surface area contributed by atoms with E-state index < -0.39 is 0 Å². The summed E-state index contributed by atoms with van der Waals surface area (Å²) in [4.78, 5) is 0. The van der Waals surface area contributed by atoms with Gasteiger partial charge in [0.15, 0.2) is 0 Å². The second-order valence-electron chi connectivity index (χ2n) is 6.17. The first kappa shape index (κ1) is 14.8. The number of rotatable bonds is 4. The lowest BCUT2D eigenvalue weighted by Crippen LogP contribution is -2.14. The highest BCUT2D eigenvalue weighted by atomic mass is 14.5. The van der Waals surface area contributed by atoms with Crippen LogP contribution in [0.2, 0.25) is 0 Å². The molecule has 2 N–H and O–H groups in total. The van der Waals surface area contributed by atoms with E-state index in [-0.39, 0.29) is 5.41 Å². The molecule has 0 radical (unpaired) electrons. The van der Waals surface area contributed by atoms with Crippen LogP contribution in [0.3, 0.4) is 0 Å². The van der Waals surface area contributed by atoms with E-state index in [4.69, 9.17) is 5.73 Å². The zero-order valence-corrected chi connectivity index (χ0v) is 13.0. The summed E-state index contributed by atoms with van der Waals surface area (Å²) < 4.78 is 0. The summed E-state index contributed by atoms with van der Waals surface area (Å²) in [5.41, 5.74) is 12.4. The van der Waals surface area contributed by atoms with E-state index in [0.717, 1.165) is 6.42 Å². The van der Waals surface area contributed by atoms with Crippen molar-refractivity contribution in [1.29, 1.82) is 0 Å². The van der Waals surface area contributed by atoms with Crippen molar-refractivity contribution < 1.29 is 0 Å². The first-order valence-corrected chi connectivity index (χ1v) is 7.38. The van der Waals surface area contributed by atoms with Gasteiger partial charge >= 0.3 is 0 Å². The van der Waals surface area contributed by atoms with Crippen LogP contribution in [0.4, 0.5) is 0 Å². The minimum Gasteiger partial charge on any atom is -0.326 e. The normalized spacial score (nSPS) is 11.7. The summed E-state index contributed by atoms with van der Waals surface area (Å²) in [5.74, 6) is 0. The molecule has 0 aliphatic rings. The summed E-state index contributed by atoms with van der Waals surface area (Å²) in [6.45, 7) is 9.57. The summed E-state index contributed by atoms with van der Waals surface area (Å²) in [7, 11) is 0. The van der Waals surface area contributed by atoms with Crippen molar-refractivity contribution in [3.63, 3.8) is 0 Å². The summed E-state index contributed by atoms with van der Waals surface area (Å²) in [6.07, 6.45) is 1.15. The first-order valence-electron chi connectivity index (χ1n) is 7.38. The molecule has 1 heteroatoms. The second-order valence-corrected chi connectivity index (χ2v) is 6.17. The molecule has 0 amide bonds.